The van der Waals surface area contributed by atoms with Gasteiger partial charge in [0.15, 0.2) is 0 Å². The van der Waals surface area contributed by atoms with Crippen LogP contribution in [0.25, 0.3) is 0 Å². The molecule has 0 aromatic heterocycles. The van der Waals surface area contributed by atoms with Crippen molar-refractivity contribution >= 4 is 21.8 Å². The number of carbonyl (C=O) groups excluding carboxylic acids is 1. The molecule has 19 heavy (non-hydrogen) atoms. The molecule has 5 heteroatoms. The SMILES string of the molecule is CC(C)(CN[C@@H]1CCc2c(F)cc(Br)cc21)C(N)=O. The van der Waals surface area contributed by atoms with Gasteiger partial charge in [-0.15, -0.1) is 0 Å². The fraction of sp³-hybridized carbons (Fsp3) is 0.500. The second-order valence-electron chi connectivity index (χ2n) is 5.68. The van der Waals surface area contributed by atoms with E-state index in [2.05, 4.69) is 21.2 Å². The molecule has 1 amide bonds. The molecule has 1 aromatic carbocycles. The maximum atomic E-state index is 13.8. The van der Waals surface area contributed by atoms with Gasteiger partial charge in [0.05, 0.1) is 5.41 Å². The number of hydrogen-bond donors (Lipinski definition) is 2. The zero-order valence-corrected chi connectivity index (χ0v) is 12.7. The van der Waals surface area contributed by atoms with E-state index in [9.17, 15) is 9.18 Å². The number of halogens is 2. The molecule has 1 atom stereocenters. The van der Waals surface area contributed by atoms with Gasteiger partial charge in [-0.25, -0.2) is 4.39 Å². The summed E-state index contributed by atoms with van der Waals surface area (Å²) in [6, 6.07) is 3.52. The summed E-state index contributed by atoms with van der Waals surface area (Å²) < 4.78 is 14.5. The number of hydrogen-bond acceptors (Lipinski definition) is 2. The lowest BCUT2D eigenvalue weighted by Crippen LogP contribution is -2.41. The van der Waals surface area contributed by atoms with Gasteiger partial charge in [-0.1, -0.05) is 15.9 Å². The molecule has 1 aliphatic carbocycles. The molecule has 0 heterocycles. The molecule has 0 unspecified atom stereocenters. The summed E-state index contributed by atoms with van der Waals surface area (Å²) >= 11 is 3.32. The van der Waals surface area contributed by atoms with E-state index in [1.54, 1.807) is 13.8 Å². The van der Waals surface area contributed by atoms with Crippen LogP contribution in [0.3, 0.4) is 0 Å². The maximum Gasteiger partial charge on any atom is 0.224 e. The smallest absolute Gasteiger partial charge is 0.224 e. The summed E-state index contributed by atoms with van der Waals surface area (Å²) in [5.41, 5.74) is 6.50. The largest absolute Gasteiger partial charge is 0.369 e. The van der Waals surface area contributed by atoms with Crippen LogP contribution in [0.4, 0.5) is 4.39 Å². The number of primary amides is 1. The summed E-state index contributed by atoms with van der Waals surface area (Å²) in [6.07, 6.45) is 1.57. The molecule has 0 spiro atoms. The number of rotatable bonds is 4. The zero-order chi connectivity index (χ0) is 14.2. The van der Waals surface area contributed by atoms with E-state index in [4.69, 9.17) is 5.73 Å². The first-order chi connectivity index (χ1) is 8.81. The Bertz CT molecular complexity index is 516. The minimum atomic E-state index is -0.604. The van der Waals surface area contributed by atoms with Crippen LogP contribution < -0.4 is 11.1 Å². The Morgan fingerprint density at radius 1 is 1.58 bits per heavy atom. The molecular weight excluding hydrogens is 311 g/mol. The minimum Gasteiger partial charge on any atom is -0.369 e. The van der Waals surface area contributed by atoms with Crippen molar-refractivity contribution in [1.82, 2.24) is 5.32 Å². The number of nitrogens with one attached hydrogen (secondary N) is 1. The van der Waals surface area contributed by atoms with Gasteiger partial charge >= 0.3 is 0 Å². The number of carbonyl (C=O) groups is 1. The Hall–Kier alpha value is -0.940. The van der Waals surface area contributed by atoms with Crippen molar-refractivity contribution in [3.63, 3.8) is 0 Å². The Balaban J connectivity index is 2.13. The Labute approximate surface area is 120 Å². The van der Waals surface area contributed by atoms with Crippen LogP contribution in [0.15, 0.2) is 16.6 Å². The first kappa shape index (κ1) is 14.5. The summed E-state index contributed by atoms with van der Waals surface area (Å²) in [7, 11) is 0. The Morgan fingerprint density at radius 2 is 2.26 bits per heavy atom. The highest BCUT2D eigenvalue weighted by Gasteiger charge is 2.30. The van der Waals surface area contributed by atoms with Crippen molar-refractivity contribution in [2.75, 3.05) is 6.54 Å². The van der Waals surface area contributed by atoms with Crippen molar-refractivity contribution in [1.29, 1.82) is 0 Å². The van der Waals surface area contributed by atoms with Crippen molar-refractivity contribution in [3.8, 4) is 0 Å². The molecule has 1 aliphatic rings. The summed E-state index contributed by atoms with van der Waals surface area (Å²) in [6.45, 7) is 4.10. The summed E-state index contributed by atoms with van der Waals surface area (Å²) in [5, 5.41) is 3.33. The van der Waals surface area contributed by atoms with Crippen molar-refractivity contribution in [2.24, 2.45) is 11.1 Å². The topological polar surface area (TPSA) is 55.1 Å². The van der Waals surface area contributed by atoms with E-state index in [0.29, 0.717) is 6.54 Å². The summed E-state index contributed by atoms with van der Waals surface area (Å²) in [5.74, 6) is -0.499. The molecule has 0 bridgehead atoms. The van der Waals surface area contributed by atoms with Crippen LogP contribution in [0.2, 0.25) is 0 Å². The molecule has 0 aliphatic heterocycles. The molecule has 0 saturated carbocycles. The minimum absolute atomic E-state index is 0.0839. The second-order valence-corrected chi connectivity index (χ2v) is 6.59. The van der Waals surface area contributed by atoms with Gasteiger partial charge in [0.2, 0.25) is 5.91 Å². The summed E-state index contributed by atoms with van der Waals surface area (Å²) in [4.78, 5) is 11.3. The van der Waals surface area contributed by atoms with Crippen LogP contribution in [0, 0.1) is 11.2 Å². The molecule has 2 rings (SSSR count). The van der Waals surface area contributed by atoms with E-state index < -0.39 is 5.41 Å². The van der Waals surface area contributed by atoms with Crippen LogP contribution in [0.5, 0.6) is 0 Å². The lowest BCUT2D eigenvalue weighted by Gasteiger charge is -2.24. The highest BCUT2D eigenvalue weighted by atomic mass is 79.9. The average Bonchev–Trinajstić information content (AvgIpc) is 2.69. The fourth-order valence-electron chi connectivity index (χ4n) is 2.32. The van der Waals surface area contributed by atoms with Gasteiger partial charge in [-0.3, -0.25) is 4.79 Å². The monoisotopic (exact) mass is 328 g/mol. The van der Waals surface area contributed by atoms with E-state index in [0.717, 1.165) is 28.4 Å². The van der Waals surface area contributed by atoms with Gasteiger partial charge in [0, 0.05) is 17.1 Å². The van der Waals surface area contributed by atoms with Crippen LogP contribution in [-0.2, 0) is 11.2 Å². The number of nitrogens with two attached hydrogens (primary N) is 1. The predicted molar refractivity (Wildman–Crippen MR) is 76.1 cm³/mol. The second kappa shape index (κ2) is 5.21. The van der Waals surface area contributed by atoms with Crippen LogP contribution in [-0.4, -0.2) is 12.5 Å². The number of benzene rings is 1. The third-order valence-electron chi connectivity index (χ3n) is 3.71. The molecule has 1 aromatic rings. The number of fused-ring (bicyclic) bond motifs is 1. The Kier molecular flexibility index (Phi) is 3.97. The predicted octanol–water partition coefficient (Wildman–Crippen LogP) is 2.68. The number of amides is 1. The van der Waals surface area contributed by atoms with Gasteiger partial charge in [-0.2, -0.15) is 0 Å². The van der Waals surface area contributed by atoms with E-state index in [1.807, 2.05) is 6.07 Å². The average molecular weight is 329 g/mol. The third-order valence-corrected chi connectivity index (χ3v) is 4.17. The lowest BCUT2D eigenvalue weighted by molar-refractivity contribution is -0.125. The van der Waals surface area contributed by atoms with Gasteiger partial charge in [-0.05, 0) is 49.9 Å². The van der Waals surface area contributed by atoms with E-state index in [-0.39, 0.29) is 17.8 Å². The molecule has 0 fully saturated rings. The van der Waals surface area contributed by atoms with Crippen molar-refractivity contribution in [3.05, 3.63) is 33.5 Å². The van der Waals surface area contributed by atoms with Crippen LogP contribution >= 0.6 is 15.9 Å². The first-order valence-electron chi connectivity index (χ1n) is 6.32. The molecule has 0 radical (unpaired) electrons. The maximum absolute atomic E-state index is 13.8. The Morgan fingerprint density at radius 3 is 2.89 bits per heavy atom. The zero-order valence-electron chi connectivity index (χ0n) is 11.1. The van der Waals surface area contributed by atoms with Crippen molar-refractivity contribution in [2.45, 2.75) is 32.7 Å². The lowest BCUT2D eigenvalue weighted by atomic mass is 9.92. The third kappa shape index (κ3) is 2.98. The standard InChI is InChI=1S/C14H18BrFN2O/c1-14(2,13(17)19)7-18-12-4-3-9-10(12)5-8(15)6-11(9)16/h5-6,12,18H,3-4,7H2,1-2H3,(H2,17,19)/t12-/m1/s1. The van der Waals surface area contributed by atoms with Gasteiger partial charge < -0.3 is 11.1 Å². The highest BCUT2D eigenvalue weighted by molar-refractivity contribution is 9.10. The van der Waals surface area contributed by atoms with Crippen molar-refractivity contribution < 1.29 is 9.18 Å². The highest BCUT2D eigenvalue weighted by Crippen LogP contribution is 2.35. The molecule has 104 valence electrons. The van der Waals surface area contributed by atoms with E-state index >= 15 is 0 Å². The van der Waals surface area contributed by atoms with E-state index in [1.165, 1.54) is 6.07 Å². The van der Waals surface area contributed by atoms with Gasteiger partial charge in [0.1, 0.15) is 5.82 Å². The van der Waals surface area contributed by atoms with Gasteiger partial charge in [0.25, 0.3) is 0 Å². The first-order valence-corrected chi connectivity index (χ1v) is 7.11. The fourth-order valence-corrected chi connectivity index (χ4v) is 2.77. The molecule has 3 nitrogen and oxygen atoms in total. The van der Waals surface area contributed by atoms with Crippen LogP contribution in [0.1, 0.15) is 37.4 Å². The normalized spacial score (nSPS) is 18.4. The molecule has 3 N–H and O–H groups in total. The molecular formula is C14H18BrFN2O. The molecule has 0 saturated heterocycles. The quantitative estimate of drug-likeness (QED) is 0.892.